The van der Waals surface area contributed by atoms with Crippen molar-refractivity contribution in [2.24, 2.45) is 0 Å². The Morgan fingerprint density at radius 3 is 2.43 bits per heavy atom. The highest BCUT2D eigenvalue weighted by Crippen LogP contribution is 2.38. The van der Waals surface area contributed by atoms with Gasteiger partial charge in [-0.15, -0.1) is 0 Å². The van der Waals surface area contributed by atoms with Gasteiger partial charge in [0.15, 0.2) is 0 Å². The van der Waals surface area contributed by atoms with E-state index < -0.39 is 29.8 Å². The minimum absolute atomic E-state index is 0.0122. The monoisotopic (exact) mass is 320 g/mol. The van der Waals surface area contributed by atoms with Gasteiger partial charge in [0.2, 0.25) is 5.91 Å². The number of nitrogens with zero attached hydrogens (tertiary/aromatic N) is 1. The van der Waals surface area contributed by atoms with Gasteiger partial charge in [-0.1, -0.05) is 18.2 Å². The summed E-state index contributed by atoms with van der Waals surface area (Å²) in [5.74, 6) is -0.432. The Hall–Kier alpha value is -3.01. The molecule has 7 heteroatoms. The molecular weight excluding hydrogens is 309 g/mol. The smallest absolute Gasteiger partial charge is 0.418 e. The highest BCUT2D eigenvalue weighted by molar-refractivity contribution is 5.93. The Bertz CT molecular complexity index is 737. The summed E-state index contributed by atoms with van der Waals surface area (Å²) in [7, 11) is 0. The minimum atomic E-state index is -4.68. The number of para-hydroxylation sites is 1. The zero-order valence-electron chi connectivity index (χ0n) is 11.7. The summed E-state index contributed by atoms with van der Waals surface area (Å²) in [5.41, 5.74) is -1.46. The summed E-state index contributed by atoms with van der Waals surface area (Å²) >= 11 is 0. The number of ether oxygens (including phenoxy) is 1. The fourth-order valence-electron chi connectivity index (χ4n) is 1.82. The Morgan fingerprint density at radius 2 is 1.83 bits per heavy atom. The van der Waals surface area contributed by atoms with Gasteiger partial charge >= 0.3 is 6.18 Å². The Kier molecular flexibility index (Phi) is 4.86. The molecule has 0 bridgehead atoms. The normalized spacial score (nSPS) is 10.7. The van der Waals surface area contributed by atoms with Crippen molar-refractivity contribution >= 4 is 11.6 Å². The molecule has 0 unspecified atom stereocenters. The molecular formula is C16H11F3N2O2. The van der Waals surface area contributed by atoms with Crippen molar-refractivity contribution < 1.29 is 22.7 Å². The molecule has 0 aliphatic heterocycles. The average Bonchev–Trinajstić information content (AvgIpc) is 2.49. The fourth-order valence-corrected chi connectivity index (χ4v) is 1.82. The fraction of sp³-hybridized carbons (Fsp3) is 0.125. The van der Waals surface area contributed by atoms with Crippen LogP contribution in [0.15, 0.2) is 48.5 Å². The number of hydrogen-bond acceptors (Lipinski definition) is 3. The molecule has 0 fully saturated rings. The van der Waals surface area contributed by atoms with Gasteiger partial charge in [0, 0.05) is 0 Å². The lowest BCUT2D eigenvalue weighted by Gasteiger charge is -2.15. The third-order valence-electron chi connectivity index (χ3n) is 2.79. The number of alkyl halides is 3. The quantitative estimate of drug-likeness (QED) is 0.911. The molecule has 0 aliphatic carbocycles. The zero-order chi connectivity index (χ0) is 16.9. The zero-order valence-corrected chi connectivity index (χ0v) is 11.7. The second kappa shape index (κ2) is 6.83. The summed E-state index contributed by atoms with van der Waals surface area (Å²) in [4.78, 5) is 11.3. The number of anilines is 1. The van der Waals surface area contributed by atoms with Crippen molar-refractivity contribution in [3.05, 3.63) is 54.1 Å². The number of nitrogens with one attached hydrogen (secondary N) is 1. The summed E-state index contributed by atoms with van der Waals surface area (Å²) < 4.78 is 44.8. The molecule has 0 aliphatic rings. The van der Waals surface area contributed by atoms with Crippen molar-refractivity contribution in [1.29, 1.82) is 5.26 Å². The van der Waals surface area contributed by atoms with Crippen LogP contribution in [0.4, 0.5) is 18.9 Å². The van der Waals surface area contributed by atoms with Crippen molar-refractivity contribution in [2.45, 2.75) is 12.6 Å². The average molecular weight is 320 g/mol. The number of carbonyl (C=O) groups is 1. The van der Waals surface area contributed by atoms with Crippen molar-refractivity contribution in [1.82, 2.24) is 0 Å². The lowest BCUT2D eigenvalue weighted by molar-refractivity contribution is -0.137. The van der Waals surface area contributed by atoms with Crippen LogP contribution in [0.5, 0.6) is 11.5 Å². The van der Waals surface area contributed by atoms with Crippen LogP contribution in [-0.2, 0) is 11.0 Å². The van der Waals surface area contributed by atoms with E-state index in [0.29, 0.717) is 5.75 Å². The topological polar surface area (TPSA) is 62.1 Å². The number of benzene rings is 2. The standard InChI is InChI=1S/C16H11F3N2O2/c17-16(18,19)13-10-12(23-11-4-2-1-3-5-11)6-7-14(13)21-15(22)8-9-20/h1-7,10H,8H2,(H,21,22). The van der Waals surface area contributed by atoms with Gasteiger partial charge in [-0.25, -0.2) is 0 Å². The number of nitriles is 1. The van der Waals surface area contributed by atoms with E-state index in [4.69, 9.17) is 10.00 Å². The minimum Gasteiger partial charge on any atom is -0.457 e. The predicted molar refractivity (Wildman–Crippen MR) is 76.8 cm³/mol. The van der Waals surface area contributed by atoms with E-state index in [1.165, 1.54) is 6.07 Å². The molecule has 2 aromatic carbocycles. The molecule has 23 heavy (non-hydrogen) atoms. The van der Waals surface area contributed by atoms with Crippen LogP contribution in [0, 0.1) is 11.3 Å². The van der Waals surface area contributed by atoms with Crippen LogP contribution in [0.25, 0.3) is 0 Å². The summed E-state index contributed by atoms with van der Waals surface area (Å²) in [6.07, 6.45) is -5.20. The molecule has 0 atom stereocenters. The Morgan fingerprint density at radius 1 is 1.13 bits per heavy atom. The lowest BCUT2D eigenvalue weighted by Crippen LogP contribution is -2.16. The van der Waals surface area contributed by atoms with E-state index in [-0.39, 0.29) is 5.75 Å². The van der Waals surface area contributed by atoms with Gasteiger partial charge in [-0.3, -0.25) is 4.79 Å². The highest BCUT2D eigenvalue weighted by atomic mass is 19.4. The van der Waals surface area contributed by atoms with Crippen molar-refractivity contribution in [3.8, 4) is 17.6 Å². The Balaban J connectivity index is 2.31. The number of amides is 1. The highest BCUT2D eigenvalue weighted by Gasteiger charge is 2.34. The number of hydrogen-bond donors (Lipinski definition) is 1. The molecule has 0 saturated heterocycles. The summed E-state index contributed by atoms with van der Waals surface area (Å²) in [6.45, 7) is 0. The first-order valence-corrected chi connectivity index (χ1v) is 6.51. The van der Waals surface area contributed by atoms with Gasteiger partial charge in [0.25, 0.3) is 0 Å². The molecule has 0 spiro atoms. The van der Waals surface area contributed by atoms with Gasteiger partial charge in [-0.2, -0.15) is 18.4 Å². The van der Waals surface area contributed by atoms with Gasteiger partial charge in [0.05, 0.1) is 17.3 Å². The Labute approximate surface area is 130 Å². The molecule has 0 aromatic heterocycles. The second-order valence-corrected chi connectivity index (χ2v) is 4.50. The van der Waals surface area contributed by atoms with Crippen LogP contribution >= 0.6 is 0 Å². The van der Waals surface area contributed by atoms with E-state index >= 15 is 0 Å². The number of rotatable bonds is 4. The maximum atomic E-state index is 13.1. The van der Waals surface area contributed by atoms with Crippen LogP contribution < -0.4 is 10.1 Å². The van der Waals surface area contributed by atoms with Crippen LogP contribution in [0.1, 0.15) is 12.0 Å². The molecule has 1 N–H and O–H groups in total. The van der Waals surface area contributed by atoms with E-state index in [1.54, 1.807) is 36.4 Å². The molecule has 0 heterocycles. The lowest BCUT2D eigenvalue weighted by atomic mass is 10.1. The molecule has 4 nitrogen and oxygen atoms in total. The first kappa shape index (κ1) is 16.4. The SMILES string of the molecule is N#CCC(=O)Nc1ccc(Oc2ccccc2)cc1C(F)(F)F. The van der Waals surface area contributed by atoms with E-state index in [1.807, 2.05) is 0 Å². The van der Waals surface area contributed by atoms with Gasteiger partial charge < -0.3 is 10.1 Å². The first-order valence-electron chi connectivity index (χ1n) is 6.51. The van der Waals surface area contributed by atoms with E-state index in [0.717, 1.165) is 12.1 Å². The second-order valence-electron chi connectivity index (χ2n) is 4.50. The maximum Gasteiger partial charge on any atom is 0.418 e. The molecule has 2 rings (SSSR count). The molecule has 1 amide bonds. The first-order chi connectivity index (χ1) is 10.9. The summed E-state index contributed by atoms with van der Waals surface area (Å²) in [5, 5.41) is 10.5. The predicted octanol–water partition coefficient (Wildman–Crippen LogP) is 4.35. The van der Waals surface area contributed by atoms with Crippen molar-refractivity contribution in [2.75, 3.05) is 5.32 Å². The van der Waals surface area contributed by atoms with Gasteiger partial charge in [-0.05, 0) is 30.3 Å². The third kappa shape index (κ3) is 4.48. The molecule has 0 saturated carbocycles. The van der Waals surface area contributed by atoms with Crippen LogP contribution in [0.3, 0.4) is 0 Å². The van der Waals surface area contributed by atoms with E-state index in [2.05, 4.69) is 5.32 Å². The molecule has 118 valence electrons. The molecule has 2 aromatic rings. The number of halogens is 3. The van der Waals surface area contributed by atoms with Crippen LogP contribution in [-0.4, -0.2) is 5.91 Å². The third-order valence-corrected chi connectivity index (χ3v) is 2.79. The van der Waals surface area contributed by atoms with E-state index in [9.17, 15) is 18.0 Å². The summed E-state index contributed by atoms with van der Waals surface area (Å²) in [6, 6.07) is 13.1. The number of carbonyl (C=O) groups excluding carboxylic acids is 1. The van der Waals surface area contributed by atoms with Crippen LogP contribution in [0.2, 0.25) is 0 Å². The van der Waals surface area contributed by atoms with Gasteiger partial charge in [0.1, 0.15) is 17.9 Å². The maximum absolute atomic E-state index is 13.1. The largest absolute Gasteiger partial charge is 0.457 e. The molecule has 0 radical (unpaired) electrons. The van der Waals surface area contributed by atoms with Crippen molar-refractivity contribution in [3.63, 3.8) is 0 Å².